The molecular weight excluding hydrogens is 423 g/mol. The third-order valence-electron chi connectivity index (χ3n) is 6.89. The number of nitrogens with zero attached hydrogens (tertiary/aromatic N) is 3. The van der Waals surface area contributed by atoms with E-state index in [-0.39, 0.29) is 17.0 Å². The van der Waals surface area contributed by atoms with Gasteiger partial charge in [0.15, 0.2) is 0 Å². The van der Waals surface area contributed by atoms with Crippen LogP contribution in [0.2, 0.25) is 0 Å². The largest absolute Gasteiger partial charge is 0.336 e. The Kier molecular flexibility index (Phi) is 5.54. The number of halogens is 1. The Hall–Kier alpha value is -3.39. The molecule has 3 aliphatic rings. The Morgan fingerprint density at radius 2 is 1.88 bits per heavy atom. The van der Waals surface area contributed by atoms with E-state index >= 15 is 0 Å². The summed E-state index contributed by atoms with van der Waals surface area (Å²) in [4.78, 5) is 39.6. The highest BCUT2D eigenvalue weighted by molar-refractivity contribution is 6.05. The zero-order chi connectivity index (χ0) is 23.0. The molecule has 2 aromatic carbocycles. The molecule has 33 heavy (non-hydrogen) atoms. The summed E-state index contributed by atoms with van der Waals surface area (Å²) in [5.41, 5.74) is 5.77. The number of piperazine rings is 1. The third kappa shape index (κ3) is 3.95. The van der Waals surface area contributed by atoms with E-state index in [4.69, 9.17) is 0 Å². The maximum absolute atomic E-state index is 14.6. The van der Waals surface area contributed by atoms with Crippen molar-refractivity contribution in [2.45, 2.75) is 30.8 Å². The molecule has 0 aromatic heterocycles. The minimum Gasteiger partial charge on any atom is -0.336 e. The second-order valence-electron chi connectivity index (χ2n) is 8.88. The molecule has 2 heterocycles. The molecule has 1 saturated heterocycles. The molecule has 5 rings (SSSR count). The van der Waals surface area contributed by atoms with Gasteiger partial charge in [0.25, 0.3) is 5.91 Å². The fraction of sp³-hybridized carbons (Fsp3) is 0.360. The Bertz CT molecular complexity index is 1140. The van der Waals surface area contributed by atoms with E-state index < -0.39 is 11.9 Å². The molecule has 170 valence electrons. The van der Waals surface area contributed by atoms with E-state index in [1.54, 1.807) is 17.0 Å². The van der Waals surface area contributed by atoms with Crippen LogP contribution in [0.4, 0.5) is 4.39 Å². The number of hydrogen-bond acceptors (Lipinski definition) is 6. The normalized spacial score (nSPS) is 21.4. The second-order valence-corrected chi connectivity index (χ2v) is 8.88. The quantitative estimate of drug-likeness (QED) is 0.685. The SMILES string of the molecule is O=CC1NN=C(Cc2ccc(F)c(C(=O)N3CCN(C4(C=O)CC4)CC3)c2)c2ccccc21. The van der Waals surface area contributed by atoms with Gasteiger partial charge in [0, 0.05) is 38.2 Å². The Labute approximate surface area is 191 Å². The first-order chi connectivity index (χ1) is 16.0. The van der Waals surface area contributed by atoms with Crippen LogP contribution in [0.3, 0.4) is 0 Å². The first-order valence-corrected chi connectivity index (χ1v) is 11.2. The van der Waals surface area contributed by atoms with Gasteiger partial charge in [0.2, 0.25) is 0 Å². The summed E-state index contributed by atoms with van der Waals surface area (Å²) in [5.74, 6) is -0.891. The molecule has 1 amide bonds. The molecule has 1 N–H and O–H groups in total. The number of amides is 1. The van der Waals surface area contributed by atoms with E-state index in [1.165, 1.54) is 6.07 Å². The zero-order valence-electron chi connectivity index (χ0n) is 18.2. The van der Waals surface area contributed by atoms with Crippen LogP contribution in [0, 0.1) is 5.82 Å². The van der Waals surface area contributed by atoms with Crippen LogP contribution in [-0.4, -0.2) is 65.7 Å². The zero-order valence-corrected chi connectivity index (χ0v) is 18.2. The summed E-state index contributed by atoms with van der Waals surface area (Å²) < 4.78 is 14.6. The first-order valence-electron chi connectivity index (χ1n) is 11.2. The number of nitrogens with one attached hydrogen (secondary N) is 1. The molecule has 2 aliphatic heterocycles. The van der Waals surface area contributed by atoms with Crippen LogP contribution >= 0.6 is 0 Å². The molecule has 2 aromatic rings. The highest BCUT2D eigenvalue weighted by Gasteiger charge is 2.48. The molecule has 7 nitrogen and oxygen atoms in total. The third-order valence-corrected chi connectivity index (χ3v) is 6.89. The van der Waals surface area contributed by atoms with Crippen molar-refractivity contribution in [1.29, 1.82) is 0 Å². The van der Waals surface area contributed by atoms with Gasteiger partial charge in [-0.2, -0.15) is 5.10 Å². The maximum Gasteiger partial charge on any atom is 0.256 e. The van der Waals surface area contributed by atoms with Crippen molar-refractivity contribution in [2.24, 2.45) is 5.10 Å². The van der Waals surface area contributed by atoms with E-state index in [1.807, 2.05) is 24.3 Å². The maximum atomic E-state index is 14.6. The molecule has 2 fully saturated rings. The van der Waals surface area contributed by atoms with E-state index in [9.17, 15) is 18.8 Å². The van der Waals surface area contributed by atoms with Gasteiger partial charge >= 0.3 is 0 Å². The minimum atomic E-state index is -0.553. The van der Waals surface area contributed by atoms with Gasteiger partial charge in [-0.25, -0.2) is 4.39 Å². The monoisotopic (exact) mass is 448 g/mol. The van der Waals surface area contributed by atoms with Crippen molar-refractivity contribution >= 4 is 24.2 Å². The minimum absolute atomic E-state index is 0.0425. The molecular formula is C25H25FN4O3. The van der Waals surface area contributed by atoms with Crippen LogP contribution in [-0.2, 0) is 16.0 Å². The van der Waals surface area contributed by atoms with Crippen LogP contribution in [0.25, 0.3) is 0 Å². The summed E-state index contributed by atoms with van der Waals surface area (Å²) >= 11 is 0. The van der Waals surface area contributed by atoms with Gasteiger partial charge in [-0.05, 0) is 36.1 Å². The molecule has 8 heteroatoms. The first kappa shape index (κ1) is 21.5. The summed E-state index contributed by atoms with van der Waals surface area (Å²) in [6, 6.07) is 11.6. The van der Waals surface area contributed by atoms with Crippen molar-refractivity contribution in [1.82, 2.24) is 15.2 Å². The average Bonchev–Trinajstić information content (AvgIpc) is 3.66. The number of carbonyl (C=O) groups is 3. The van der Waals surface area contributed by atoms with E-state index in [0.717, 1.165) is 47.8 Å². The predicted octanol–water partition coefficient (Wildman–Crippen LogP) is 2.10. The summed E-state index contributed by atoms with van der Waals surface area (Å²) in [6.45, 7) is 2.16. The van der Waals surface area contributed by atoms with Crippen molar-refractivity contribution in [2.75, 3.05) is 26.2 Å². The molecule has 0 spiro atoms. The van der Waals surface area contributed by atoms with E-state index in [2.05, 4.69) is 15.4 Å². The van der Waals surface area contributed by atoms with Gasteiger partial charge in [0.05, 0.1) is 16.8 Å². The predicted molar refractivity (Wildman–Crippen MR) is 121 cm³/mol. The number of hydrazone groups is 1. The van der Waals surface area contributed by atoms with Crippen molar-refractivity contribution in [3.63, 3.8) is 0 Å². The molecule has 1 atom stereocenters. The Morgan fingerprint density at radius 3 is 2.58 bits per heavy atom. The summed E-state index contributed by atoms with van der Waals surface area (Å²) in [5, 5.41) is 4.36. The molecule has 0 bridgehead atoms. The standard InChI is InChI=1S/C25H25FN4O3/c26-21-6-5-17(14-22-18-3-1-2-4-19(18)23(15-31)28-27-22)13-20(21)24(33)29-9-11-30(12-10-29)25(16-32)7-8-25/h1-6,13,15-16,23,28H,7-12,14H2. The van der Waals surface area contributed by atoms with Crippen LogP contribution < -0.4 is 5.43 Å². The smallest absolute Gasteiger partial charge is 0.256 e. The lowest BCUT2D eigenvalue weighted by atomic mass is 9.92. The van der Waals surface area contributed by atoms with Crippen molar-refractivity contribution in [3.05, 3.63) is 70.5 Å². The van der Waals surface area contributed by atoms with Gasteiger partial charge < -0.3 is 14.5 Å². The molecule has 1 unspecified atom stereocenters. The molecule has 1 aliphatic carbocycles. The van der Waals surface area contributed by atoms with Crippen molar-refractivity contribution in [3.8, 4) is 0 Å². The molecule has 1 saturated carbocycles. The highest BCUT2D eigenvalue weighted by atomic mass is 19.1. The number of hydrogen-bond donors (Lipinski definition) is 1. The lowest BCUT2D eigenvalue weighted by Gasteiger charge is -2.37. The number of rotatable bonds is 6. The molecule has 0 radical (unpaired) electrons. The highest BCUT2D eigenvalue weighted by Crippen LogP contribution is 2.40. The Balaban J connectivity index is 1.32. The number of benzene rings is 2. The van der Waals surface area contributed by atoms with Gasteiger partial charge in [-0.3, -0.25) is 15.1 Å². The summed E-state index contributed by atoms with van der Waals surface area (Å²) in [7, 11) is 0. The lowest BCUT2D eigenvalue weighted by molar-refractivity contribution is -0.114. The number of aldehydes is 2. The van der Waals surface area contributed by atoms with Gasteiger partial charge in [-0.15, -0.1) is 0 Å². The van der Waals surface area contributed by atoms with Gasteiger partial charge in [0.1, 0.15) is 24.4 Å². The fourth-order valence-corrected chi connectivity index (χ4v) is 4.75. The van der Waals surface area contributed by atoms with Gasteiger partial charge in [-0.1, -0.05) is 30.3 Å². The number of fused-ring (bicyclic) bond motifs is 1. The Morgan fingerprint density at radius 1 is 1.12 bits per heavy atom. The summed E-state index contributed by atoms with van der Waals surface area (Å²) in [6.07, 6.45) is 3.97. The second kappa shape index (κ2) is 8.51. The topological polar surface area (TPSA) is 82.1 Å². The fourth-order valence-electron chi connectivity index (χ4n) is 4.75. The average molecular weight is 448 g/mol. The van der Waals surface area contributed by atoms with Crippen LogP contribution in [0.1, 0.15) is 45.9 Å². The van der Waals surface area contributed by atoms with Crippen molar-refractivity contribution < 1.29 is 18.8 Å². The number of carbonyl (C=O) groups excluding carboxylic acids is 3. The van der Waals surface area contributed by atoms with Crippen LogP contribution in [0.15, 0.2) is 47.6 Å². The lowest BCUT2D eigenvalue weighted by Crippen LogP contribution is -2.53. The van der Waals surface area contributed by atoms with E-state index in [0.29, 0.717) is 32.6 Å². The van der Waals surface area contributed by atoms with Crippen LogP contribution in [0.5, 0.6) is 0 Å².